The summed E-state index contributed by atoms with van der Waals surface area (Å²) >= 11 is 5.31. The van der Waals surface area contributed by atoms with Crippen LogP contribution in [-0.4, -0.2) is 18.8 Å². The van der Waals surface area contributed by atoms with Crippen LogP contribution in [0, 0.1) is 0 Å². The van der Waals surface area contributed by atoms with Crippen LogP contribution in [0.2, 0.25) is 0 Å². The van der Waals surface area contributed by atoms with Gasteiger partial charge in [0.15, 0.2) is 16.6 Å². The number of hydrogen-bond donors (Lipinski definition) is 2. The van der Waals surface area contributed by atoms with Gasteiger partial charge in [0.2, 0.25) is 0 Å². The van der Waals surface area contributed by atoms with E-state index in [0.29, 0.717) is 11.7 Å². The third kappa shape index (κ3) is 5.56. The zero-order chi connectivity index (χ0) is 18.2. The molecule has 0 aromatic heterocycles. The molecule has 0 amide bonds. The smallest absolute Gasteiger partial charge is 0.387 e. The minimum Gasteiger partial charge on any atom is -0.493 e. The number of thiocarbonyl (C=S) groups is 1. The minimum absolute atomic E-state index is 0.00109. The highest BCUT2D eigenvalue weighted by atomic mass is 32.1. The van der Waals surface area contributed by atoms with Crippen LogP contribution >= 0.6 is 12.2 Å². The third-order valence-corrected chi connectivity index (χ3v) is 3.79. The molecule has 2 aromatic rings. The Morgan fingerprint density at radius 3 is 2.60 bits per heavy atom. The Bertz CT molecular complexity index is 726. The quantitative estimate of drug-likeness (QED) is 0.714. The predicted octanol–water partition coefficient (Wildman–Crippen LogP) is 4.35. The van der Waals surface area contributed by atoms with Gasteiger partial charge in [-0.1, -0.05) is 31.2 Å². The van der Waals surface area contributed by atoms with Gasteiger partial charge in [-0.05, 0) is 48.0 Å². The molecule has 0 spiro atoms. The first-order valence-electron chi connectivity index (χ1n) is 7.78. The number of halogens is 2. The van der Waals surface area contributed by atoms with Crippen molar-refractivity contribution in [3.05, 3.63) is 53.6 Å². The van der Waals surface area contributed by atoms with Gasteiger partial charge in [0.1, 0.15) is 0 Å². The van der Waals surface area contributed by atoms with E-state index < -0.39 is 6.61 Å². The topological polar surface area (TPSA) is 42.5 Å². The van der Waals surface area contributed by atoms with E-state index >= 15 is 0 Å². The number of benzene rings is 2. The Morgan fingerprint density at radius 2 is 1.92 bits per heavy atom. The lowest BCUT2D eigenvalue weighted by molar-refractivity contribution is -0.0512. The molecule has 134 valence electrons. The van der Waals surface area contributed by atoms with Gasteiger partial charge < -0.3 is 20.1 Å². The van der Waals surface area contributed by atoms with Gasteiger partial charge in [-0.25, -0.2) is 0 Å². The number of hydrogen-bond acceptors (Lipinski definition) is 3. The maximum Gasteiger partial charge on any atom is 0.387 e. The maximum atomic E-state index is 12.3. The normalized spacial score (nSPS) is 10.4. The maximum absolute atomic E-state index is 12.3. The van der Waals surface area contributed by atoms with E-state index in [0.717, 1.165) is 17.7 Å². The first kappa shape index (κ1) is 18.9. The largest absolute Gasteiger partial charge is 0.493 e. The van der Waals surface area contributed by atoms with Crippen molar-refractivity contribution in [3.8, 4) is 11.5 Å². The van der Waals surface area contributed by atoms with Crippen molar-refractivity contribution in [2.45, 2.75) is 26.5 Å². The molecule has 0 aliphatic carbocycles. The van der Waals surface area contributed by atoms with E-state index in [1.54, 1.807) is 12.1 Å². The fourth-order valence-corrected chi connectivity index (χ4v) is 2.50. The molecule has 0 aliphatic rings. The molecule has 2 N–H and O–H groups in total. The van der Waals surface area contributed by atoms with E-state index in [-0.39, 0.29) is 11.5 Å². The second-order valence-corrected chi connectivity index (χ2v) is 5.59. The molecule has 0 saturated heterocycles. The van der Waals surface area contributed by atoms with Crippen LogP contribution in [-0.2, 0) is 13.0 Å². The fraction of sp³-hybridized carbons (Fsp3) is 0.278. The van der Waals surface area contributed by atoms with E-state index in [4.69, 9.17) is 17.0 Å². The second-order valence-electron chi connectivity index (χ2n) is 5.18. The Kier molecular flexibility index (Phi) is 6.94. The van der Waals surface area contributed by atoms with Crippen LogP contribution in [0.1, 0.15) is 18.1 Å². The Balaban J connectivity index is 1.97. The van der Waals surface area contributed by atoms with E-state index in [1.807, 2.05) is 24.3 Å². The number of anilines is 1. The minimum atomic E-state index is -2.90. The van der Waals surface area contributed by atoms with Crippen LogP contribution in [0.25, 0.3) is 0 Å². The predicted molar refractivity (Wildman–Crippen MR) is 98.5 cm³/mol. The molecule has 2 rings (SSSR count). The number of rotatable bonds is 7. The molecule has 0 heterocycles. The summed E-state index contributed by atoms with van der Waals surface area (Å²) in [6.07, 6.45) is 0.897. The van der Waals surface area contributed by atoms with Crippen molar-refractivity contribution in [2.75, 3.05) is 12.4 Å². The lowest BCUT2D eigenvalue weighted by Gasteiger charge is -2.14. The standard InChI is InChI=1S/C18H20F2N2O2S/c1-3-13-6-4-5-7-14(13)22-18(25)21-11-12-8-9-15(24-17(19)20)16(10-12)23-2/h4-10,17H,3,11H2,1-2H3,(H2,21,22,25). The van der Waals surface area contributed by atoms with Crippen molar-refractivity contribution in [3.63, 3.8) is 0 Å². The highest BCUT2D eigenvalue weighted by molar-refractivity contribution is 7.80. The van der Waals surface area contributed by atoms with Crippen LogP contribution < -0.4 is 20.1 Å². The summed E-state index contributed by atoms with van der Waals surface area (Å²) in [5, 5.41) is 6.73. The van der Waals surface area contributed by atoms with Gasteiger partial charge in [-0.3, -0.25) is 0 Å². The van der Waals surface area contributed by atoms with E-state index in [9.17, 15) is 8.78 Å². The highest BCUT2D eigenvalue weighted by Crippen LogP contribution is 2.29. The first-order valence-corrected chi connectivity index (χ1v) is 8.18. The SMILES string of the molecule is CCc1ccccc1NC(=S)NCc1ccc(OC(F)F)c(OC)c1. The molecule has 0 aliphatic heterocycles. The number of nitrogens with one attached hydrogen (secondary N) is 2. The number of para-hydroxylation sites is 1. The zero-order valence-electron chi connectivity index (χ0n) is 14.0. The molecule has 0 unspecified atom stereocenters. The van der Waals surface area contributed by atoms with Gasteiger partial charge in [0.05, 0.1) is 7.11 Å². The Labute approximate surface area is 151 Å². The average Bonchev–Trinajstić information content (AvgIpc) is 2.60. The van der Waals surface area contributed by atoms with Crippen LogP contribution in [0.4, 0.5) is 14.5 Å². The van der Waals surface area contributed by atoms with Crippen molar-refractivity contribution < 1.29 is 18.3 Å². The molecular formula is C18H20F2N2O2S. The number of methoxy groups -OCH3 is 1. The molecule has 2 aromatic carbocycles. The van der Waals surface area contributed by atoms with Gasteiger partial charge in [-0.15, -0.1) is 0 Å². The van der Waals surface area contributed by atoms with E-state index in [2.05, 4.69) is 22.3 Å². The molecule has 7 heteroatoms. The molecule has 0 atom stereocenters. The van der Waals surface area contributed by atoms with Crippen LogP contribution in [0.15, 0.2) is 42.5 Å². The summed E-state index contributed by atoms with van der Waals surface area (Å²) in [4.78, 5) is 0. The first-order chi connectivity index (χ1) is 12.0. The highest BCUT2D eigenvalue weighted by Gasteiger charge is 2.11. The van der Waals surface area contributed by atoms with Crippen molar-refractivity contribution in [1.82, 2.24) is 5.32 Å². The second kappa shape index (κ2) is 9.17. The van der Waals surface area contributed by atoms with Gasteiger partial charge in [-0.2, -0.15) is 8.78 Å². The molecule has 0 saturated carbocycles. The van der Waals surface area contributed by atoms with Crippen molar-refractivity contribution in [2.24, 2.45) is 0 Å². The Hall–Kier alpha value is -2.41. The van der Waals surface area contributed by atoms with Crippen LogP contribution in [0.3, 0.4) is 0 Å². The average molecular weight is 366 g/mol. The summed E-state index contributed by atoms with van der Waals surface area (Å²) in [6, 6.07) is 12.7. The summed E-state index contributed by atoms with van der Waals surface area (Å²) < 4.78 is 34.2. The molecule has 0 fully saturated rings. The molecule has 0 radical (unpaired) electrons. The number of ether oxygens (including phenoxy) is 2. The van der Waals surface area contributed by atoms with Crippen molar-refractivity contribution in [1.29, 1.82) is 0 Å². The summed E-state index contributed by atoms with van der Waals surface area (Å²) in [5.41, 5.74) is 2.95. The van der Waals surface area contributed by atoms with Gasteiger partial charge in [0.25, 0.3) is 0 Å². The number of aryl methyl sites for hydroxylation is 1. The molecule has 0 bridgehead atoms. The van der Waals surface area contributed by atoms with Crippen molar-refractivity contribution >= 4 is 23.0 Å². The zero-order valence-corrected chi connectivity index (χ0v) is 14.8. The van der Waals surface area contributed by atoms with Crippen LogP contribution in [0.5, 0.6) is 11.5 Å². The fourth-order valence-electron chi connectivity index (χ4n) is 2.31. The van der Waals surface area contributed by atoms with Gasteiger partial charge >= 0.3 is 6.61 Å². The summed E-state index contributed by atoms with van der Waals surface area (Å²) in [5.74, 6) is 0.244. The van der Waals surface area contributed by atoms with E-state index in [1.165, 1.54) is 18.7 Å². The monoisotopic (exact) mass is 366 g/mol. The Morgan fingerprint density at radius 1 is 1.16 bits per heavy atom. The molecule has 4 nitrogen and oxygen atoms in total. The lowest BCUT2D eigenvalue weighted by Crippen LogP contribution is -2.28. The number of alkyl halides is 2. The summed E-state index contributed by atoms with van der Waals surface area (Å²) in [7, 11) is 1.40. The molecular weight excluding hydrogens is 346 g/mol. The van der Waals surface area contributed by atoms with Gasteiger partial charge in [0, 0.05) is 12.2 Å². The summed E-state index contributed by atoms with van der Waals surface area (Å²) in [6.45, 7) is -0.397. The lowest BCUT2D eigenvalue weighted by atomic mass is 10.1. The molecule has 25 heavy (non-hydrogen) atoms. The third-order valence-electron chi connectivity index (χ3n) is 3.54.